The van der Waals surface area contributed by atoms with Gasteiger partial charge in [0.15, 0.2) is 0 Å². The molecule has 0 saturated heterocycles. The average Bonchev–Trinajstić information content (AvgIpc) is 4.24. The Hall–Kier alpha value is -6.35. The maximum atomic E-state index is 4.98. The third-order valence-electron chi connectivity index (χ3n) is 13.7. The summed E-state index contributed by atoms with van der Waals surface area (Å²) in [4.78, 5) is 32.7. The molecule has 0 amide bonds. The van der Waals surface area contributed by atoms with E-state index in [9.17, 15) is 0 Å². The first-order valence-corrected chi connectivity index (χ1v) is 28.9. The SMILES string of the molecule is c1ccc2c(c1)N(n1cnc3ncccc31)c1ccccc1C21c2cc[se]c2-c2[se]ccc21.c1ccc2c(c1)N(n1cnc3ncccc31)c1ncccc1C21c2cc[se]c2-c2[se]ccc21. The molecule has 2 aliphatic heterocycles. The zero-order chi connectivity index (χ0) is 43.1. The number of hydrogen-bond acceptors (Lipinski definition) is 7. The van der Waals surface area contributed by atoms with Crippen molar-refractivity contribution in [2.75, 3.05) is 10.0 Å². The number of para-hydroxylation sites is 3. The van der Waals surface area contributed by atoms with Crippen molar-refractivity contribution in [1.82, 2.24) is 34.3 Å². The molecule has 16 rings (SSSR count). The number of rotatable bonds is 2. The van der Waals surface area contributed by atoms with Gasteiger partial charge in [0, 0.05) is 0 Å². The maximum absolute atomic E-state index is 4.98. The second-order valence-corrected chi connectivity index (χ2v) is 24.3. The normalized spacial score (nSPS) is 14.8. The summed E-state index contributed by atoms with van der Waals surface area (Å²) in [5, 5.41) is 4.53. The quantitative estimate of drug-likeness (QED) is 0.160. The van der Waals surface area contributed by atoms with Crippen LogP contribution in [0.25, 0.3) is 40.1 Å². The van der Waals surface area contributed by atoms with Gasteiger partial charge in [0.25, 0.3) is 0 Å². The Morgan fingerprint density at radius 1 is 0.333 bits per heavy atom. The molecule has 0 N–H and O–H groups in total. The van der Waals surface area contributed by atoms with Crippen LogP contribution >= 0.6 is 0 Å². The van der Waals surface area contributed by atoms with Gasteiger partial charge in [-0.3, -0.25) is 0 Å². The summed E-state index contributed by atoms with van der Waals surface area (Å²) >= 11 is 1.63. The first kappa shape index (κ1) is 37.8. The van der Waals surface area contributed by atoms with E-state index in [2.05, 4.69) is 180 Å². The summed E-state index contributed by atoms with van der Waals surface area (Å²) in [6.07, 6.45) is 9.23. The molecule has 0 radical (unpaired) electrons. The number of aromatic nitrogens is 7. The molecule has 9 aromatic heterocycles. The molecule has 11 heterocycles. The monoisotopic (exact) mass is 1110 g/mol. The van der Waals surface area contributed by atoms with E-state index in [1.165, 1.54) is 55.9 Å². The van der Waals surface area contributed by atoms with E-state index in [0.29, 0.717) is 58.0 Å². The average molecular weight is 1110 g/mol. The van der Waals surface area contributed by atoms with E-state index in [-0.39, 0.29) is 10.8 Å². The third kappa shape index (κ3) is 4.74. The van der Waals surface area contributed by atoms with Gasteiger partial charge in [-0.25, -0.2) is 0 Å². The predicted molar refractivity (Wildman–Crippen MR) is 263 cm³/mol. The fraction of sp³-hybridized carbons (Fsp3) is 0.0377. The molecule has 12 aromatic rings. The van der Waals surface area contributed by atoms with Crippen molar-refractivity contribution in [3.05, 3.63) is 229 Å². The van der Waals surface area contributed by atoms with Gasteiger partial charge in [0.2, 0.25) is 0 Å². The number of hydrogen-bond donors (Lipinski definition) is 0. The molecule has 0 atom stereocenters. The Labute approximate surface area is 401 Å². The summed E-state index contributed by atoms with van der Waals surface area (Å²) in [5.41, 5.74) is 17.5. The van der Waals surface area contributed by atoms with Crippen LogP contribution in [0.5, 0.6) is 0 Å². The van der Waals surface area contributed by atoms with Crippen LogP contribution in [0.2, 0.25) is 0 Å². The number of pyridine rings is 3. The molecule has 0 unspecified atom stereocenters. The fourth-order valence-electron chi connectivity index (χ4n) is 11.3. The topological polar surface area (TPSA) is 80.8 Å². The first-order valence-electron chi connectivity index (χ1n) is 21.5. The van der Waals surface area contributed by atoms with E-state index >= 15 is 0 Å². The van der Waals surface area contributed by atoms with E-state index in [1.54, 1.807) is 30.1 Å². The number of anilines is 4. The van der Waals surface area contributed by atoms with Gasteiger partial charge in [-0.1, -0.05) is 0 Å². The minimum atomic E-state index is -0.306. The molecule has 66 heavy (non-hydrogen) atoms. The van der Waals surface area contributed by atoms with Crippen molar-refractivity contribution in [2.45, 2.75) is 10.8 Å². The zero-order valence-corrected chi connectivity index (χ0v) is 41.4. The number of nitrogens with zero attached hydrogens (tertiary/aromatic N) is 9. The van der Waals surface area contributed by atoms with E-state index in [1.807, 2.05) is 31.0 Å². The standard InChI is InChI=1S/C27H16N4Se2.C26H15N5Se2/c1-3-8-21-17(6-1)27(19-11-14-32-24(19)25-20(27)12-15-33-25)18-7-2-4-9-22(18)31(21)30-16-29-26-23(30)10-5-13-28-26;1-2-7-20-16(5-1)26(17-9-13-32-22(17)23-18(26)10-14-33-23)19-6-3-12-28-25(19)31(20)30-15-29-24-21(30)8-4-11-27-24/h1-16H;1-15H. The van der Waals surface area contributed by atoms with Crippen LogP contribution in [0.4, 0.5) is 22.9 Å². The number of fused-ring (bicyclic) bond motifs is 20. The van der Waals surface area contributed by atoms with Crippen LogP contribution in [0.15, 0.2) is 184 Å². The number of benzene rings is 3. The van der Waals surface area contributed by atoms with E-state index in [4.69, 9.17) is 4.98 Å². The van der Waals surface area contributed by atoms with Crippen LogP contribution in [-0.2, 0) is 10.8 Å². The predicted octanol–water partition coefficient (Wildman–Crippen LogP) is 9.04. The van der Waals surface area contributed by atoms with Gasteiger partial charge >= 0.3 is 405 Å². The molecule has 2 spiro atoms. The third-order valence-corrected chi connectivity index (χ3v) is 22.9. The molecule has 0 fully saturated rings. The Morgan fingerprint density at radius 3 is 1.20 bits per heavy atom. The van der Waals surface area contributed by atoms with Gasteiger partial charge in [-0.15, -0.1) is 0 Å². The van der Waals surface area contributed by atoms with Crippen LogP contribution in [-0.4, -0.2) is 92.3 Å². The minimum absolute atomic E-state index is 0.244. The second kappa shape index (κ2) is 14.1. The summed E-state index contributed by atoms with van der Waals surface area (Å²) in [6.45, 7) is 0. The number of imidazole rings is 2. The first-order chi connectivity index (χ1) is 32.8. The van der Waals surface area contributed by atoms with Gasteiger partial charge in [-0.2, -0.15) is 0 Å². The van der Waals surface area contributed by atoms with Crippen LogP contribution in [0.1, 0.15) is 44.5 Å². The molecular weight excluding hydrogens is 1080 g/mol. The summed E-state index contributed by atoms with van der Waals surface area (Å²) in [7, 11) is 0. The Morgan fingerprint density at radius 2 is 0.712 bits per heavy atom. The summed E-state index contributed by atoms with van der Waals surface area (Å²) < 4.78 is 10.6. The van der Waals surface area contributed by atoms with Gasteiger partial charge in [0.1, 0.15) is 0 Å². The summed E-state index contributed by atoms with van der Waals surface area (Å²) in [6, 6.07) is 48.7. The van der Waals surface area contributed by atoms with Crippen LogP contribution < -0.4 is 10.0 Å². The molecular formula is C53H31N9Se4. The molecule has 0 saturated carbocycles. The van der Waals surface area contributed by atoms with Crippen LogP contribution in [0, 0.1) is 0 Å². The Balaban J connectivity index is 0.000000121. The molecule has 2 aliphatic carbocycles. The molecule has 3 aromatic carbocycles. The molecule has 312 valence electrons. The molecule has 13 heteroatoms. The van der Waals surface area contributed by atoms with Gasteiger partial charge in [-0.05, 0) is 0 Å². The van der Waals surface area contributed by atoms with Crippen LogP contribution in [0.3, 0.4) is 0 Å². The molecule has 0 bridgehead atoms. The van der Waals surface area contributed by atoms with Crippen molar-refractivity contribution in [3.8, 4) is 17.7 Å². The Kier molecular flexibility index (Phi) is 8.07. The van der Waals surface area contributed by atoms with Crippen molar-refractivity contribution < 1.29 is 0 Å². The molecule has 9 nitrogen and oxygen atoms in total. The Bertz CT molecular complexity index is 3490. The fourth-order valence-corrected chi connectivity index (χ4v) is 21.0. The van der Waals surface area contributed by atoms with Crippen molar-refractivity contribution >= 4 is 103 Å². The van der Waals surface area contributed by atoms with Crippen molar-refractivity contribution in [3.63, 3.8) is 0 Å². The van der Waals surface area contributed by atoms with E-state index < -0.39 is 0 Å². The van der Waals surface area contributed by atoms with Gasteiger partial charge in [0.05, 0.1) is 0 Å². The van der Waals surface area contributed by atoms with Crippen molar-refractivity contribution in [2.24, 2.45) is 0 Å². The second-order valence-electron chi connectivity index (χ2n) is 16.6. The zero-order valence-electron chi connectivity index (χ0n) is 34.6. The van der Waals surface area contributed by atoms with E-state index in [0.717, 1.165) is 33.8 Å². The molecule has 4 aliphatic rings. The summed E-state index contributed by atoms with van der Waals surface area (Å²) in [5.74, 6) is 0.945. The van der Waals surface area contributed by atoms with Gasteiger partial charge < -0.3 is 0 Å². The van der Waals surface area contributed by atoms with Crippen molar-refractivity contribution in [1.29, 1.82) is 0 Å².